The van der Waals surface area contributed by atoms with Crippen LogP contribution in [0, 0.1) is 5.82 Å². The number of likely N-dealkylation sites (N-methyl/N-ethyl adjacent to an activating group) is 1. The number of aliphatic hydroxyl groups excluding tert-OH is 1. The standard InChI is InChI=1S/C13H16ClFN2O2.ClH/c1-17(13(19)12-5-8(18)6-16-12)7-9-10(14)3-2-4-11(9)15;/h2-4,8,12,16,18H,5-7H2,1H3;1H. The lowest BCUT2D eigenvalue weighted by Crippen LogP contribution is -2.41. The summed E-state index contributed by atoms with van der Waals surface area (Å²) in [4.78, 5) is 13.5. The fourth-order valence-electron chi connectivity index (χ4n) is 2.17. The highest BCUT2D eigenvalue weighted by Gasteiger charge is 2.30. The van der Waals surface area contributed by atoms with Gasteiger partial charge in [0.2, 0.25) is 5.91 Å². The number of nitrogens with zero attached hydrogens (tertiary/aromatic N) is 1. The molecule has 1 aliphatic heterocycles. The number of benzene rings is 1. The molecule has 0 radical (unpaired) electrons. The van der Waals surface area contributed by atoms with Crippen LogP contribution >= 0.6 is 24.0 Å². The highest BCUT2D eigenvalue weighted by atomic mass is 35.5. The molecule has 2 atom stereocenters. The number of aliphatic hydroxyl groups is 1. The summed E-state index contributed by atoms with van der Waals surface area (Å²) in [5.74, 6) is -0.595. The number of carbonyl (C=O) groups is 1. The van der Waals surface area contributed by atoms with E-state index in [4.69, 9.17) is 11.6 Å². The van der Waals surface area contributed by atoms with Gasteiger partial charge >= 0.3 is 0 Å². The van der Waals surface area contributed by atoms with Crippen LogP contribution in [0.15, 0.2) is 18.2 Å². The van der Waals surface area contributed by atoms with Gasteiger partial charge in [-0.05, 0) is 18.6 Å². The number of halogens is 3. The predicted molar refractivity (Wildman–Crippen MR) is 77.5 cm³/mol. The lowest BCUT2D eigenvalue weighted by molar-refractivity contribution is -0.132. The Balaban J connectivity index is 0.00000200. The van der Waals surface area contributed by atoms with Crippen LogP contribution in [0.25, 0.3) is 0 Å². The molecule has 1 amide bonds. The van der Waals surface area contributed by atoms with Crippen LogP contribution in [0.3, 0.4) is 0 Å². The monoisotopic (exact) mass is 322 g/mol. The molecule has 1 aromatic rings. The number of rotatable bonds is 3. The van der Waals surface area contributed by atoms with E-state index in [1.165, 1.54) is 17.0 Å². The van der Waals surface area contributed by atoms with Crippen molar-refractivity contribution < 1.29 is 14.3 Å². The van der Waals surface area contributed by atoms with Crippen molar-refractivity contribution in [1.82, 2.24) is 10.2 Å². The molecule has 0 bridgehead atoms. The van der Waals surface area contributed by atoms with E-state index in [-0.39, 0.29) is 24.9 Å². The maximum Gasteiger partial charge on any atom is 0.239 e. The highest BCUT2D eigenvalue weighted by Crippen LogP contribution is 2.21. The molecule has 4 nitrogen and oxygen atoms in total. The first kappa shape index (κ1) is 17.2. The molecule has 1 aliphatic rings. The predicted octanol–water partition coefficient (Wildman–Crippen LogP) is 1.58. The molecule has 0 aromatic heterocycles. The fourth-order valence-corrected chi connectivity index (χ4v) is 2.39. The zero-order valence-corrected chi connectivity index (χ0v) is 12.5. The van der Waals surface area contributed by atoms with Crippen molar-refractivity contribution >= 4 is 29.9 Å². The van der Waals surface area contributed by atoms with Gasteiger partial charge in [0.1, 0.15) is 5.82 Å². The van der Waals surface area contributed by atoms with Crippen LogP contribution in [0.1, 0.15) is 12.0 Å². The Kier molecular flexibility index (Phi) is 6.20. The minimum atomic E-state index is -0.501. The van der Waals surface area contributed by atoms with E-state index in [9.17, 15) is 14.3 Å². The number of amides is 1. The summed E-state index contributed by atoms with van der Waals surface area (Å²) >= 11 is 5.93. The van der Waals surface area contributed by atoms with E-state index in [1.54, 1.807) is 13.1 Å². The molecule has 112 valence electrons. The third-order valence-electron chi connectivity index (χ3n) is 3.24. The van der Waals surface area contributed by atoms with Crippen molar-refractivity contribution in [2.24, 2.45) is 0 Å². The van der Waals surface area contributed by atoms with E-state index in [0.29, 0.717) is 23.6 Å². The number of carbonyl (C=O) groups excluding carboxylic acids is 1. The number of hydrogen-bond donors (Lipinski definition) is 2. The van der Waals surface area contributed by atoms with Gasteiger partial charge in [-0.15, -0.1) is 12.4 Å². The van der Waals surface area contributed by atoms with Gasteiger partial charge in [-0.2, -0.15) is 0 Å². The normalized spacial score (nSPS) is 21.4. The number of β-amino-alcohol motifs (C(OH)–C–C–N with tert-alkyl or cyclic N) is 1. The molecule has 2 rings (SSSR count). The zero-order valence-electron chi connectivity index (χ0n) is 11.0. The molecule has 1 aromatic carbocycles. The van der Waals surface area contributed by atoms with Crippen LogP contribution in [0.5, 0.6) is 0 Å². The summed E-state index contributed by atoms with van der Waals surface area (Å²) < 4.78 is 13.6. The topological polar surface area (TPSA) is 52.6 Å². The van der Waals surface area contributed by atoms with Crippen LogP contribution < -0.4 is 5.32 Å². The van der Waals surface area contributed by atoms with Crippen molar-refractivity contribution in [2.75, 3.05) is 13.6 Å². The van der Waals surface area contributed by atoms with Gasteiger partial charge in [0, 0.05) is 30.7 Å². The van der Waals surface area contributed by atoms with Crippen LogP contribution in [-0.4, -0.2) is 41.7 Å². The molecule has 1 saturated heterocycles. The Morgan fingerprint density at radius 2 is 2.30 bits per heavy atom. The lowest BCUT2D eigenvalue weighted by atomic mass is 10.1. The Morgan fingerprint density at radius 3 is 2.85 bits per heavy atom. The highest BCUT2D eigenvalue weighted by molar-refractivity contribution is 6.31. The smallest absolute Gasteiger partial charge is 0.239 e. The largest absolute Gasteiger partial charge is 0.392 e. The van der Waals surface area contributed by atoms with Gasteiger partial charge in [0.15, 0.2) is 0 Å². The van der Waals surface area contributed by atoms with Crippen molar-refractivity contribution in [2.45, 2.75) is 25.1 Å². The molecule has 20 heavy (non-hydrogen) atoms. The maximum atomic E-state index is 13.6. The Labute approximate surface area is 128 Å². The molecule has 0 aliphatic carbocycles. The van der Waals surface area contributed by atoms with E-state index >= 15 is 0 Å². The third-order valence-corrected chi connectivity index (χ3v) is 3.59. The Bertz CT molecular complexity index is 467. The molecule has 2 N–H and O–H groups in total. The first-order valence-corrected chi connectivity index (χ1v) is 6.46. The second-order valence-electron chi connectivity index (χ2n) is 4.74. The van der Waals surface area contributed by atoms with Crippen molar-refractivity contribution in [1.29, 1.82) is 0 Å². The summed E-state index contributed by atoms with van der Waals surface area (Å²) in [6, 6.07) is 4.02. The maximum absolute atomic E-state index is 13.6. The van der Waals surface area contributed by atoms with E-state index in [1.807, 2.05) is 0 Å². The van der Waals surface area contributed by atoms with E-state index < -0.39 is 18.0 Å². The quantitative estimate of drug-likeness (QED) is 0.888. The van der Waals surface area contributed by atoms with Gasteiger partial charge in [-0.25, -0.2) is 4.39 Å². The average Bonchev–Trinajstić information content (AvgIpc) is 2.79. The van der Waals surface area contributed by atoms with E-state index in [2.05, 4.69) is 5.32 Å². The molecule has 1 heterocycles. The van der Waals surface area contributed by atoms with Gasteiger partial charge in [0.25, 0.3) is 0 Å². The van der Waals surface area contributed by atoms with Gasteiger partial charge in [0.05, 0.1) is 12.1 Å². The molecule has 2 unspecified atom stereocenters. The number of hydrogen-bond acceptors (Lipinski definition) is 3. The van der Waals surface area contributed by atoms with Gasteiger partial charge in [-0.3, -0.25) is 4.79 Å². The SMILES string of the molecule is CN(Cc1c(F)cccc1Cl)C(=O)C1CC(O)CN1.Cl. The second kappa shape index (κ2) is 7.22. The summed E-state index contributed by atoms with van der Waals surface area (Å²) in [6.45, 7) is 0.517. The van der Waals surface area contributed by atoms with Crippen LogP contribution in [0.2, 0.25) is 5.02 Å². The van der Waals surface area contributed by atoms with Crippen LogP contribution in [-0.2, 0) is 11.3 Å². The van der Waals surface area contributed by atoms with Crippen molar-refractivity contribution in [3.8, 4) is 0 Å². The second-order valence-corrected chi connectivity index (χ2v) is 5.15. The first-order chi connectivity index (χ1) is 8.99. The van der Waals surface area contributed by atoms with Gasteiger partial charge in [-0.1, -0.05) is 17.7 Å². The summed E-state index contributed by atoms with van der Waals surface area (Å²) in [6.07, 6.45) is -0.117. The molecule has 0 spiro atoms. The van der Waals surface area contributed by atoms with E-state index in [0.717, 1.165) is 0 Å². The zero-order chi connectivity index (χ0) is 14.0. The third kappa shape index (κ3) is 3.82. The molecular formula is C13H17Cl2FN2O2. The molecule has 7 heteroatoms. The van der Waals surface area contributed by atoms with Crippen molar-refractivity contribution in [3.05, 3.63) is 34.6 Å². The van der Waals surface area contributed by atoms with Gasteiger partial charge < -0.3 is 15.3 Å². The Morgan fingerprint density at radius 1 is 1.60 bits per heavy atom. The summed E-state index contributed by atoms with van der Waals surface area (Å²) in [7, 11) is 1.59. The molecule has 0 saturated carbocycles. The summed E-state index contributed by atoms with van der Waals surface area (Å²) in [5, 5.41) is 12.6. The Hall–Kier alpha value is -0.880. The molecule has 1 fully saturated rings. The summed E-state index contributed by atoms with van der Waals surface area (Å²) in [5.41, 5.74) is 0.304. The molecular weight excluding hydrogens is 306 g/mol. The number of nitrogens with one attached hydrogen (secondary N) is 1. The minimum absolute atomic E-state index is 0. The minimum Gasteiger partial charge on any atom is -0.392 e. The first-order valence-electron chi connectivity index (χ1n) is 6.08. The lowest BCUT2D eigenvalue weighted by Gasteiger charge is -2.22. The van der Waals surface area contributed by atoms with Crippen molar-refractivity contribution in [3.63, 3.8) is 0 Å². The fraction of sp³-hybridized carbons (Fsp3) is 0.462. The average molecular weight is 323 g/mol. The van der Waals surface area contributed by atoms with Crippen LogP contribution in [0.4, 0.5) is 4.39 Å².